The van der Waals surface area contributed by atoms with Crippen molar-refractivity contribution in [2.45, 2.75) is 13.3 Å². The summed E-state index contributed by atoms with van der Waals surface area (Å²) in [7, 11) is 0. The molecule has 0 saturated heterocycles. The van der Waals surface area contributed by atoms with E-state index in [4.69, 9.17) is 4.74 Å². The molecule has 13 heavy (non-hydrogen) atoms. The Balaban J connectivity index is 2.68. The maximum Gasteiger partial charge on any atom is 0.319 e. The van der Waals surface area contributed by atoms with Crippen molar-refractivity contribution in [1.29, 1.82) is 0 Å². The van der Waals surface area contributed by atoms with Crippen LogP contribution in [-0.4, -0.2) is 17.2 Å². The molecule has 0 bridgehead atoms. The number of rotatable bonds is 3. The Labute approximate surface area is 75.5 Å². The zero-order chi connectivity index (χ0) is 9.68. The molecule has 1 aromatic rings. The van der Waals surface area contributed by atoms with Gasteiger partial charge in [-0.25, -0.2) is 4.98 Å². The van der Waals surface area contributed by atoms with Crippen molar-refractivity contribution in [2.24, 2.45) is 0 Å². The molecule has 1 aromatic heterocycles. The standard InChI is InChI=1S/C9H9NO3/c1-7-3-2-5-10-9(7)13-8(12)4-6-11/h2-3,5-6H,4H2,1H3. The quantitative estimate of drug-likeness (QED) is 0.392. The second kappa shape index (κ2) is 4.35. The average molecular weight is 179 g/mol. The molecule has 0 aliphatic heterocycles. The topological polar surface area (TPSA) is 56.3 Å². The molecule has 4 heteroatoms. The van der Waals surface area contributed by atoms with Gasteiger partial charge in [0.1, 0.15) is 12.7 Å². The van der Waals surface area contributed by atoms with Gasteiger partial charge in [0.05, 0.1) is 0 Å². The summed E-state index contributed by atoms with van der Waals surface area (Å²) in [6, 6.07) is 3.52. The molecule has 4 nitrogen and oxygen atoms in total. The summed E-state index contributed by atoms with van der Waals surface area (Å²) < 4.78 is 4.80. The summed E-state index contributed by atoms with van der Waals surface area (Å²) >= 11 is 0. The number of carbonyl (C=O) groups excluding carboxylic acids is 2. The predicted octanol–water partition coefficient (Wildman–Crippen LogP) is 0.884. The lowest BCUT2D eigenvalue weighted by Gasteiger charge is -2.02. The SMILES string of the molecule is Cc1cccnc1OC(=O)CC=O. The first kappa shape index (κ1) is 9.38. The highest BCUT2D eigenvalue weighted by molar-refractivity contribution is 5.85. The van der Waals surface area contributed by atoms with E-state index in [1.165, 1.54) is 6.20 Å². The van der Waals surface area contributed by atoms with E-state index in [1.54, 1.807) is 19.1 Å². The fraction of sp³-hybridized carbons (Fsp3) is 0.222. The summed E-state index contributed by atoms with van der Waals surface area (Å²) in [5.74, 6) is -0.328. The summed E-state index contributed by atoms with van der Waals surface area (Å²) in [5, 5.41) is 0. The summed E-state index contributed by atoms with van der Waals surface area (Å²) in [5.41, 5.74) is 0.766. The number of esters is 1. The van der Waals surface area contributed by atoms with Crippen LogP contribution in [0.1, 0.15) is 12.0 Å². The van der Waals surface area contributed by atoms with E-state index in [0.717, 1.165) is 5.56 Å². The van der Waals surface area contributed by atoms with Crippen LogP contribution in [0, 0.1) is 6.92 Å². The Kier molecular flexibility index (Phi) is 3.14. The van der Waals surface area contributed by atoms with Gasteiger partial charge in [-0.1, -0.05) is 6.07 Å². The number of aromatic nitrogens is 1. The molecule has 0 N–H and O–H groups in total. The second-order valence-corrected chi connectivity index (χ2v) is 2.47. The number of carbonyl (C=O) groups is 2. The highest BCUT2D eigenvalue weighted by Crippen LogP contribution is 2.12. The van der Waals surface area contributed by atoms with Crippen LogP contribution in [0.4, 0.5) is 0 Å². The molecule has 1 rings (SSSR count). The molecule has 0 unspecified atom stereocenters. The number of pyridine rings is 1. The zero-order valence-corrected chi connectivity index (χ0v) is 7.19. The molecule has 68 valence electrons. The van der Waals surface area contributed by atoms with Gasteiger partial charge in [-0.05, 0) is 13.0 Å². The van der Waals surface area contributed by atoms with E-state index >= 15 is 0 Å². The number of aldehydes is 1. The number of hydrogen-bond donors (Lipinski definition) is 0. The van der Waals surface area contributed by atoms with Crippen LogP contribution >= 0.6 is 0 Å². The van der Waals surface area contributed by atoms with Gasteiger partial charge >= 0.3 is 5.97 Å². The van der Waals surface area contributed by atoms with E-state index in [9.17, 15) is 9.59 Å². The lowest BCUT2D eigenvalue weighted by Crippen LogP contribution is -2.09. The van der Waals surface area contributed by atoms with Gasteiger partial charge in [0.15, 0.2) is 0 Å². The van der Waals surface area contributed by atoms with E-state index in [0.29, 0.717) is 6.29 Å². The molecule has 1 heterocycles. The van der Waals surface area contributed by atoms with Crippen molar-refractivity contribution in [3.05, 3.63) is 23.9 Å². The lowest BCUT2D eigenvalue weighted by molar-refractivity contribution is -0.136. The lowest BCUT2D eigenvalue weighted by atomic mass is 10.3. The van der Waals surface area contributed by atoms with E-state index in [1.807, 2.05) is 0 Å². The van der Waals surface area contributed by atoms with Gasteiger partial charge in [-0.15, -0.1) is 0 Å². The third-order valence-electron chi connectivity index (χ3n) is 1.42. The number of hydrogen-bond acceptors (Lipinski definition) is 4. The van der Waals surface area contributed by atoms with Gasteiger partial charge < -0.3 is 9.53 Å². The fourth-order valence-electron chi connectivity index (χ4n) is 0.796. The van der Waals surface area contributed by atoms with Gasteiger partial charge in [0, 0.05) is 11.8 Å². The first-order chi connectivity index (χ1) is 6.24. The smallest absolute Gasteiger partial charge is 0.319 e. The molecule has 0 spiro atoms. The first-order valence-electron chi connectivity index (χ1n) is 3.80. The summed E-state index contributed by atoms with van der Waals surface area (Å²) in [4.78, 5) is 24.7. The summed E-state index contributed by atoms with van der Waals surface area (Å²) in [6.45, 7) is 1.77. The summed E-state index contributed by atoms with van der Waals surface area (Å²) in [6.07, 6.45) is 1.78. The third kappa shape index (κ3) is 2.66. The average Bonchev–Trinajstić information content (AvgIpc) is 2.09. The third-order valence-corrected chi connectivity index (χ3v) is 1.42. The molecule has 0 aliphatic carbocycles. The minimum absolute atomic E-state index is 0.240. The Bertz CT molecular complexity index is 322. The molecular weight excluding hydrogens is 170 g/mol. The van der Waals surface area contributed by atoms with Crippen LogP contribution in [0.15, 0.2) is 18.3 Å². The molecule has 0 aliphatic rings. The van der Waals surface area contributed by atoms with Crippen molar-refractivity contribution >= 4 is 12.3 Å². The van der Waals surface area contributed by atoms with E-state index < -0.39 is 5.97 Å². The van der Waals surface area contributed by atoms with Crippen LogP contribution in [0.5, 0.6) is 5.88 Å². The van der Waals surface area contributed by atoms with Crippen molar-refractivity contribution in [2.75, 3.05) is 0 Å². The minimum Gasteiger partial charge on any atom is -0.407 e. The molecular formula is C9H9NO3. The van der Waals surface area contributed by atoms with Crippen molar-refractivity contribution in [3.63, 3.8) is 0 Å². The molecule has 0 radical (unpaired) electrons. The minimum atomic E-state index is -0.586. The predicted molar refractivity (Wildman–Crippen MR) is 45.3 cm³/mol. The maximum absolute atomic E-state index is 10.9. The van der Waals surface area contributed by atoms with Gasteiger partial charge in [-0.3, -0.25) is 4.79 Å². The molecule has 0 fully saturated rings. The zero-order valence-electron chi connectivity index (χ0n) is 7.19. The fourth-order valence-corrected chi connectivity index (χ4v) is 0.796. The van der Waals surface area contributed by atoms with Crippen LogP contribution in [0.2, 0.25) is 0 Å². The van der Waals surface area contributed by atoms with Crippen molar-refractivity contribution in [1.82, 2.24) is 4.98 Å². The Morgan fingerprint density at radius 1 is 1.69 bits per heavy atom. The maximum atomic E-state index is 10.9. The van der Waals surface area contributed by atoms with Gasteiger partial charge in [0.2, 0.25) is 5.88 Å². The normalized spacial score (nSPS) is 9.31. The highest BCUT2D eigenvalue weighted by atomic mass is 16.5. The molecule has 0 atom stereocenters. The van der Waals surface area contributed by atoms with Gasteiger partial charge in [-0.2, -0.15) is 0 Å². The Morgan fingerprint density at radius 3 is 3.08 bits per heavy atom. The van der Waals surface area contributed by atoms with Crippen LogP contribution in [0.3, 0.4) is 0 Å². The van der Waals surface area contributed by atoms with E-state index in [-0.39, 0.29) is 12.3 Å². The molecule has 0 saturated carbocycles. The largest absolute Gasteiger partial charge is 0.407 e. The Hall–Kier alpha value is -1.71. The number of aryl methyl sites for hydroxylation is 1. The number of nitrogens with zero attached hydrogens (tertiary/aromatic N) is 1. The Morgan fingerprint density at radius 2 is 2.46 bits per heavy atom. The first-order valence-corrected chi connectivity index (χ1v) is 3.80. The molecule has 0 aromatic carbocycles. The van der Waals surface area contributed by atoms with E-state index in [2.05, 4.69) is 4.98 Å². The van der Waals surface area contributed by atoms with Crippen molar-refractivity contribution in [3.8, 4) is 5.88 Å². The number of ether oxygens (including phenoxy) is 1. The van der Waals surface area contributed by atoms with Crippen LogP contribution < -0.4 is 4.74 Å². The van der Waals surface area contributed by atoms with Gasteiger partial charge in [0.25, 0.3) is 0 Å². The highest BCUT2D eigenvalue weighted by Gasteiger charge is 2.06. The monoisotopic (exact) mass is 179 g/mol. The van der Waals surface area contributed by atoms with Crippen molar-refractivity contribution < 1.29 is 14.3 Å². The van der Waals surface area contributed by atoms with Crippen LogP contribution in [-0.2, 0) is 9.59 Å². The van der Waals surface area contributed by atoms with Crippen LogP contribution in [0.25, 0.3) is 0 Å². The molecule has 0 amide bonds. The second-order valence-electron chi connectivity index (χ2n) is 2.47.